The minimum Gasteiger partial charge on any atom is -0.370 e. The predicted molar refractivity (Wildman–Crippen MR) is 45.9 cm³/mol. The Kier molecular flexibility index (Phi) is 16.1. The van der Waals surface area contributed by atoms with Crippen molar-refractivity contribution < 1.29 is 28.0 Å². The van der Waals surface area contributed by atoms with E-state index in [9.17, 15) is 22.8 Å². The van der Waals surface area contributed by atoms with E-state index in [1.54, 1.807) is 0 Å². The minimum atomic E-state index is -3.67. The van der Waals surface area contributed by atoms with Gasteiger partial charge in [0.05, 0.1) is 0 Å². The van der Waals surface area contributed by atoms with Crippen LogP contribution >= 0.6 is 13.5 Å². The maximum atomic E-state index is 10.1. The third kappa shape index (κ3) is 30.5. The minimum absolute atomic E-state index is 0. The average molecular weight is 236 g/mol. The first kappa shape index (κ1) is 18.8. The molecule has 0 unspecified atom stereocenters. The topological polar surface area (TPSA) is 92.4 Å². The highest BCUT2D eigenvalue weighted by Crippen LogP contribution is 1.87. The van der Waals surface area contributed by atoms with E-state index >= 15 is 0 Å². The number of nitrogens with two attached hydrogens (primary N) is 1. The molecule has 5 nitrogen and oxygen atoms in total. The number of carbonyl (C=O) groups excluding carboxylic acids is 2. The fraction of sp³-hybridized carbons (Fsp3) is 0.600. The van der Waals surface area contributed by atoms with Gasteiger partial charge in [-0.05, 0) is 0 Å². The van der Waals surface area contributed by atoms with E-state index in [1.807, 2.05) is 0 Å². The van der Waals surface area contributed by atoms with Crippen LogP contribution in [0.3, 0.4) is 0 Å². The Balaban J connectivity index is -0.000000209. The maximum absolute atomic E-state index is 10.1. The molecule has 0 saturated heterocycles. The molecule has 0 aliphatic rings. The normalized spacial score (nSPS) is 8.07. The molecule has 14 heavy (non-hydrogen) atoms. The molecule has 0 aromatic carbocycles. The monoisotopic (exact) mass is 236 g/mol. The molecular formula is C5H11F3N2O3S. The van der Waals surface area contributed by atoms with Gasteiger partial charge in [0.1, 0.15) is 0 Å². The Morgan fingerprint density at radius 3 is 1.86 bits per heavy atom. The van der Waals surface area contributed by atoms with Crippen molar-refractivity contribution in [1.29, 1.82) is 0 Å². The average Bonchev–Trinajstić information content (AvgIpc) is 1.99. The van der Waals surface area contributed by atoms with Crippen LogP contribution in [0, 0.1) is 0 Å². The number of halogens is 3. The summed E-state index contributed by atoms with van der Waals surface area (Å²) in [5.74, 6) is -1.16. The predicted octanol–water partition coefficient (Wildman–Crippen LogP) is 0.0486. The fourth-order valence-electron chi connectivity index (χ4n) is 0.293. The second-order valence-corrected chi connectivity index (χ2v) is 1.75. The summed E-state index contributed by atoms with van der Waals surface area (Å²) in [6, 6.07) is 0. The zero-order valence-electron chi connectivity index (χ0n) is 6.97. The second kappa shape index (κ2) is 12.0. The lowest BCUT2D eigenvalue weighted by Gasteiger charge is -1.92. The highest BCUT2D eigenvalue weighted by molar-refractivity contribution is 7.59. The van der Waals surface area contributed by atoms with E-state index in [2.05, 4.69) is 0 Å². The van der Waals surface area contributed by atoms with Gasteiger partial charge in [-0.1, -0.05) is 0 Å². The van der Waals surface area contributed by atoms with E-state index < -0.39 is 18.5 Å². The molecule has 4 N–H and O–H groups in total. The maximum Gasteiger partial charge on any atom is 0.379 e. The Morgan fingerprint density at radius 1 is 1.29 bits per heavy atom. The third-order valence-electron chi connectivity index (χ3n) is 0.723. The molecule has 2 amide bonds. The van der Waals surface area contributed by atoms with Crippen LogP contribution in [0.25, 0.3) is 0 Å². The lowest BCUT2D eigenvalue weighted by atomic mass is 10.3. The van der Waals surface area contributed by atoms with Crippen molar-refractivity contribution in [2.75, 3.05) is 0 Å². The summed E-state index contributed by atoms with van der Waals surface area (Å²) in [7, 11) is 0. The molecule has 0 bridgehead atoms. The highest BCUT2D eigenvalue weighted by atomic mass is 32.1. The number of hydroxylamine groups is 1. The molecule has 0 atom stereocenters. The number of nitrogens with one attached hydrogen (secondary N) is 1. The zero-order valence-corrected chi connectivity index (χ0v) is 7.97. The Bertz CT molecular complexity index is 168. The first-order chi connectivity index (χ1) is 5.90. The first-order valence-corrected chi connectivity index (χ1v) is 3.03. The lowest BCUT2D eigenvalue weighted by Crippen LogP contribution is -2.21. The van der Waals surface area contributed by atoms with E-state index in [0.717, 1.165) is 0 Å². The van der Waals surface area contributed by atoms with Gasteiger partial charge < -0.3 is 5.73 Å². The molecule has 0 aliphatic carbocycles. The van der Waals surface area contributed by atoms with Crippen molar-refractivity contribution in [2.45, 2.75) is 19.5 Å². The largest absolute Gasteiger partial charge is 0.379 e. The van der Waals surface area contributed by atoms with Crippen molar-refractivity contribution in [1.82, 2.24) is 5.48 Å². The summed E-state index contributed by atoms with van der Waals surface area (Å²) in [6.45, 7) is -3.67. The molecular weight excluding hydrogens is 225 g/mol. The van der Waals surface area contributed by atoms with Crippen LogP contribution in [0.4, 0.5) is 13.2 Å². The van der Waals surface area contributed by atoms with Crippen LogP contribution in [-0.2, 0) is 9.59 Å². The highest BCUT2D eigenvalue weighted by Gasteiger charge is 2.00. The number of carbonyl (C=O) groups is 2. The van der Waals surface area contributed by atoms with Gasteiger partial charge in [-0.25, -0.2) is 5.48 Å². The van der Waals surface area contributed by atoms with Crippen molar-refractivity contribution in [3.05, 3.63) is 0 Å². The molecule has 0 aliphatic heterocycles. The SMILES string of the molecule is FC(F)F.NC(=O)CCC(=O)NO.S. The fourth-order valence-corrected chi connectivity index (χ4v) is 0.293. The van der Waals surface area contributed by atoms with Crippen LogP contribution < -0.4 is 11.2 Å². The molecule has 0 aromatic heterocycles. The molecule has 0 saturated carbocycles. The van der Waals surface area contributed by atoms with Crippen LogP contribution in [0.1, 0.15) is 12.8 Å². The molecule has 0 fully saturated rings. The quantitative estimate of drug-likeness (QED) is 0.477. The van der Waals surface area contributed by atoms with Crippen molar-refractivity contribution in [3.63, 3.8) is 0 Å². The third-order valence-corrected chi connectivity index (χ3v) is 0.723. The summed E-state index contributed by atoms with van der Waals surface area (Å²) in [5, 5.41) is 7.90. The van der Waals surface area contributed by atoms with Gasteiger partial charge in [0, 0.05) is 12.8 Å². The second-order valence-electron chi connectivity index (χ2n) is 1.75. The Morgan fingerprint density at radius 2 is 1.64 bits per heavy atom. The van der Waals surface area contributed by atoms with Crippen LogP contribution in [0.15, 0.2) is 0 Å². The number of amides is 2. The number of alkyl halides is 3. The first-order valence-electron chi connectivity index (χ1n) is 3.03. The van der Waals surface area contributed by atoms with Crippen LogP contribution in [0.5, 0.6) is 0 Å². The van der Waals surface area contributed by atoms with Gasteiger partial charge in [0.25, 0.3) is 0 Å². The molecule has 86 valence electrons. The number of rotatable bonds is 3. The number of hydrogen-bond acceptors (Lipinski definition) is 3. The standard InChI is InChI=1S/C4H8N2O3.CHF3.H2S/c5-3(7)1-2-4(8)6-9;2-1(3)4;/h9H,1-2H2,(H2,5,7)(H,6,8);1H;1H2. The van der Waals surface area contributed by atoms with E-state index in [-0.39, 0.29) is 26.3 Å². The van der Waals surface area contributed by atoms with Gasteiger partial charge in [0.15, 0.2) is 0 Å². The van der Waals surface area contributed by atoms with Gasteiger partial charge in [-0.3, -0.25) is 14.8 Å². The van der Waals surface area contributed by atoms with Crippen molar-refractivity contribution in [3.8, 4) is 0 Å². The molecule has 0 aromatic rings. The Hall–Kier alpha value is -0.960. The number of hydrogen-bond donors (Lipinski definition) is 3. The molecule has 0 radical (unpaired) electrons. The summed E-state index contributed by atoms with van der Waals surface area (Å²) in [6.07, 6.45) is -0.0990. The molecule has 9 heteroatoms. The lowest BCUT2D eigenvalue weighted by molar-refractivity contribution is -0.131. The van der Waals surface area contributed by atoms with Gasteiger partial charge in [0.2, 0.25) is 11.8 Å². The Labute approximate surface area is 84.9 Å². The summed E-state index contributed by atoms with van der Waals surface area (Å²) in [4.78, 5) is 20.1. The zero-order chi connectivity index (χ0) is 10.9. The van der Waals surface area contributed by atoms with Gasteiger partial charge in [-0.2, -0.15) is 26.7 Å². The van der Waals surface area contributed by atoms with E-state index in [0.29, 0.717) is 0 Å². The molecule has 0 rings (SSSR count). The molecule has 0 spiro atoms. The smallest absolute Gasteiger partial charge is 0.370 e. The summed E-state index contributed by atoms with van der Waals surface area (Å²) >= 11 is 0. The van der Waals surface area contributed by atoms with Crippen LogP contribution in [0.2, 0.25) is 0 Å². The van der Waals surface area contributed by atoms with Gasteiger partial charge in [-0.15, -0.1) is 0 Å². The van der Waals surface area contributed by atoms with Crippen molar-refractivity contribution in [2.24, 2.45) is 5.73 Å². The summed E-state index contributed by atoms with van der Waals surface area (Å²) < 4.78 is 29.0. The van der Waals surface area contributed by atoms with Crippen LogP contribution in [-0.4, -0.2) is 23.7 Å². The summed E-state index contributed by atoms with van der Waals surface area (Å²) in [5.41, 5.74) is 6.07. The van der Waals surface area contributed by atoms with Crippen molar-refractivity contribution >= 4 is 25.3 Å². The molecule has 0 heterocycles. The number of primary amides is 1. The van der Waals surface area contributed by atoms with E-state index in [4.69, 9.17) is 10.9 Å². The van der Waals surface area contributed by atoms with E-state index in [1.165, 1.54) is 5.48 Å². The van der Waals surface area contributed by atoms with Gasteiger partial charge >= 0.3 is 6.68 Å².